The number of carbonyl (C=O) groups excluding carboxylic acids is 2. The number of Topliss-reactive ketones (excluding diaryl/α,β-unsaturated/α-hetero) is 1. The molecule has 0 saturated carbocycles. The van der Waals surface area contributed by atoms with Crippen LogP contribution in [0, 0.1) is 5.92 Å². The van der Waals surface area contributed by atoms with Gasteiger partial charge in [-0.3, -0.25) is 4.79 Å². The largest absolute Gasteiger partial charge is 0.466 e. The molecule has 0 aromatic heterocycles. The van der Waals surface area contributed by atoms with Crippen LogP contribution in [-0.2, 0) is 14.3 Å². The van der Waals surface area contributed by atoms with Gasteiger partial charge in [0.25, 0.3) is 0 Å². The molecule has 0 bridgehead atoms. The summed E-state index contributed by atoms with van der Waals surface area (Å²) in [7, 11) is 1.31. The molecule has 0 heterocycles. The summed E-state index contributed by atoms with van der Waals surface area (Å²) in [6, 6.07) is 0. The van der Waals surface area contributed by atoms with Gasteiger partial charge in [0.05, 0.1) is 7.11 Å². The van der Waals surface area contributed by atoms with Crippen molar-refractivity contribution in [3.8, 4) is 0 Å². The van der Waals surface area contributed by atoms with Gasteiger partial charge in [-0.15, -0.1) is 0 Å². The van der Waals surface area contributed by atoms with E-state index in [0.29, 0.717) is 23.1 Å². The van der Waals surface area contributed by atoms with Crippen molar-refractivity contribution >= 4 is 11.8 Å². The van der Waals surface area contributed by atoms with Crippen LogP contribution in [0.15, 0.2) is 34.9 Å². The van der Waals surface area contributed by atoms with Gasteiger partial charge in [-0.25, -0.2) is 4.79 Å². The number of aliphatic hydroxyl groups is 1. The Balaban J connectivity index is 3.08. The molecule has 0 spiro atoms. The summed E-state index contributed by atoms with van der Waals surface area (Å²) >= 11 is 0. The molecule has 4 nitrogen and oxygen atoms in total. The van der Waals surface area contributed by atoms with Crippen molar-refractivity contribution in [1.29, 1.82) is 0 Å². The first kappa shape index (κ1) is 16.4. The van der Waals surface area contributed by atoms with E-state index in [1.807, 2.05) is 6.92 Å². The third-order valence-electron chi connectivity index (χ3n) is 3.97. The quantitative estimate of drug-likeness (QED) is 0.489. The summed E-state index contributed by atoms with van der Waals surface area (Å²) in [5, 5.41) is 10.8. The number of carbonyl (C=O) groups is 2. The number of ketones is 1. The zero-order valence-corrected chi connectivity index (χ0v) is 12.7. The lowest BCUT2D eigenvalue weighted by atomic mass is 9.72. The maximum Gasteiger partial charge on any atom is 0.330 e. The van der Waals surface area contributed by atoms with Gasteiger partial charge < -0.3 is 9.84 Å². The molecule has 0 aromatic carbocycles. The van der Waals surface area contributed by atoms with Crippen molar-refractivity contribution in [1.82, 2.24) is 0 Å². The molecule has 0 amide bonds. The van der Waals surface area contributed by atoms with Gasteiger partial charge in [0, 0.05) is 12.5 Å². The Morgan fingerprint density at radius 2 is 2.05 bits per heavy atom. The molecule has 0 saturated heterocycles. The van der Waals surface area contributed by atoms with Gasteiger partial charge in [0.2, 0.25) is 0 Å². The van der Waals surface area contributed by atoms with Crippen molar-refractivity contribution < 1.29 is 19.4 Å². The van der Waals surface area contributed by atoms with Gasteiger partial charge >= 0.3 is 5.97 Å². The van der Waals surface area contributed by atoms with E-state index in [2.05, 4.69) is 4.74 Å². The zero-order chi connectivity index (χ0) is 15.5. The fraction of sp³-hybridized carbons (Fsp3) is 0.500. The number of ether oxygens (including phenoxy) is 1. The Kier molecular flexibility index (Phi) is 5.06. The van der Waals surface area contributed by atoms with Gasteiger partial charge in [0.15, 0.2) is 5.78 Å². The summed E-state index contributed by atoms with van der Waals surface area (Å²) < 4.78 is 4.55. The first-order valence-electron chi connectivity index (χ1n) is 6.61. The second-order valence-electron chi connectivity index (χ2n) is 5.35. The van der Waals surface area contributed by atoms with Crippen molar-refractivity contribution in [2.45, 2.75) is 39.7 Å². The summed E-state index contributed by atoms with van der Waals surface area (Å²) in [4.78, 5) is 22.9. The van der Waals surface area contributed by atoms with E-state index in [9.17, 15) is 14.7 Å². The normalized spacial score (nSPS) is 28.2. The van der Waals surface area contributed by atoms with Crippen LogP contribution in [-0.4, -0.2) is 29.6 Å². The van der Waals surface area contributed by atoms with Gasteiger partial charge in [-0.1, -0.05) is 13.0 Å². The van der Waals surface area contributed by atoms with Crippen molar-refractivity contribution in [2.24, 2.45) is 5.92 Å². The number of esters is 1. The van der Waals surface area contributed by atoms with Gasteiger partial charge in [0.1, 0.15) is 5.60 Å². The average Bonchev–Trinajstić information content (AvgIpc) is 2.41. The summed E-state index contributed by atoms with van der Waals surface area (Å²) in [5.41, 5.74) is 0.816. The van der Waals surface area contributed by atoms with Crippen LogP contribution in [0.5, 0.6) is 0 Å². The highest BCUT2D eigenvalue weighted by molar-refractivity contribution is 5.97. The Labute approximate surface area is 119 Å². The molecule has 110 valence electrons. The minimum atomic E-state index is -1.15. The van der Waals surface area contributed by atoms with Gasteiger partial charge in [-0.2, -0.15) is 0 Å². The molecule has 1 aliphatic rings. The molecule has 0 fully saturated rings. The minimum Gasteiger partial charge on any atom is -0.466 e. The number of hydrogen-bond donors (Lipinski definition) is 1. The van der Waals surface area contributed by atoms with E-state index in [-0.39, 0.29) is 11.7 Å². The van der Waals surface area contributed by atoms with E-state index in [1.165, 1.54) is 13.2 Å². The Bertz CT molecular complexity index is 511. The third kappa shape index (κ3) is 3.25. The molecular formula is C16H22O4. The average molecular weight is 278 g/mol. The topological polar surface area (TPSA) is 63.6 Å². The highest BCUT2D eigenvalue weighted by Crippen LogP contribution is 2.37. The van der Waals surface area contributed by atoms with Crippen LogP contribution in [0.25, 0.3) is 0 Å². The van der Waals surface area contributed by atoms with E-state index in [1.54, 1.807) is 32.9 Å². The number of rotatable bonds is 3. The first-order chi connectivity index (χ1) is 9.22. The van der Waals surface area contributed by atoms with Crippen LogP contribution in [0.4, 0.5) is 0 Å². The Hall–Kier alpha value is -1.68. The first-order valence-corrected chi connectivity index (χ1v) is 6.61. The monoisotopic (exact) mass is 278 g/mol. The second-order valence-corrected chi connectivity index (χ2v) is 5.35. The molecule has 2 atom stereocenters. The predicted molar refractivity (Wildman–Crippen MR) is 77.0 cm³/mol. The van der Waals surface area contributed by atoms with Crippen LogP contribution in [0.2, 0.25) is 0 Å². The van der Waals surface area contributed by atoms with E-state index < -0.39 is 11.6 Å². The lowest BCUT2D eigenvalue weighted by Crippen LogP contribution is -2.41. The number of allylic oxidation sites excluding steroid dienone is 3. The second kappa shape index (κ2) is 6.18. The highest BCUT2D eigenvalue weighted by Gasteiger charge is 2.39. The maximum atomic E-state index is 11.8. The molecule has 1 unspecified atom stereocenters. The van der Waals surface area contributed by atoms with Crippen LogP contribution >= 0.6 is 0 Å². The van der Waals surface area contributed by atoms with E-state index in [0.717, 1.165) is 0 Å². The van der Waals surface area contributed by atoms with Crippen molar-refractivity contribution in [3.63, 3.8) is 0 Å². The Morgan fingerprint density at radius 1 is 1.45 bits per heavy atom. The van der Waals surface area contributed by atoms with Gasteiger partial charge in [-0.05, 0) is 49.5 Å². The van der Waals surface area contributed by atoms with Crippen LogP contribution in [0.1, 0.15) is 34.1 Å². The SMILES string of the molecule is COC(=O)/C=C(C)\C=C\[C@@]1(O)C(C)=C(C)C(=O)CC1C. The molecule has 1 rings (SSSR count). The number of methoxy groups -OCH3 is 1. The summed E-state index contributed by atoms with van der Waals surface area (Å²) in [5.74, 6) is -0.551. The van der Waals surface area contributed by atoms with Crippen molar-refractivity contribution in [3.05, 3.63) is 34.9 Å². The smallest absolute Gasteiger partial charge is 0.330 e. The molecule has 1 N–H and O–H groups in total. The molecule has 0 radical (unpaired) electrons. The van der Waals surface area contributed by atoms with E-state index in [4.69, 9.17) is 0 Å². The maximum absolute atomic E-state index is 11.8. The van der Waals surface area contributed by atoms with E-state index >= 15 is 0 Å². The molecule has 4 heteroatoms. The molecular weight excluding hydrogens is 256 g/mol. The highest BCUT2D eigenvalue weighted by atomic mass is 16.5. The number of hydrogen-bond acceptors (Lipinski definition) is 4. The molecule has 0 aliphatic heterocycles. The molecule has 20 heavy (non-hydrogen) atoms. The molecule has 1 aliphatic carbocycles. The lowest BCUT2D eigenvalue weighted by molar-refractivity contribution is -0.134. The minimum absolute atomic E-state index is 0.0786. The lowest BCUT2D eigenvalue weighted by Gasteiger charge is -2.37. The van der Waals surface area contributed by atoms with Crippen molar-refractivity contribution in [2.75, 3.05) is 7.11 Å². The third-order valence-corrected chi connectivity index (χ3v) is 3.97. The standard InChI is InChI=1S/C16H22O4/c1-10(8-15(18)20-5)6-7-16(19)11(2)9-14(17)12(3)13(16)4/h6-8,11,19H,9H2,1-5H3/b7-6+,10-8-/t11?,16-/m0/s1. The zero-order valence-electron chi connectivity index (χ0n) is 12.7. The summed E-state index contributed by atoms with van der Waals surface area (Å²) in [6.45, 7) is 7.10. The fourth-order valence-electron chi connectivity index (χ4n) is 2.31. The molecule has 0 aromatic rings. The summed E-state index contributed by atoms with van der Waals surface area (Å²) in [6.07, 6.45) is 5.01. The van der Waals surface area contributed by atoms with Crippen LogP contribution in [0.3, 0.4) is 0 Å². The fourth-order valence-corrected chi connectivity index (χ4v) is 2.31. The Morgan fingerprint density at radius 3 is 2.60 bits per heavy atom. The predicted octanol–water partition coefficient (Wildman–Crippen LogP) is 2.34. The van der Waals surface area contributed by atoms with Crippen LogP contribution < -0.4 is 0 Å².